The number of methoxy groups -OCH3 is 1. The Bertz CT molecular complexity index is 1110. The van der Waals surface area contributed by atoms with Crippen molar-refractivity contribution in [1.82, 2.24) is 20.2 Å². The largest absolute Gasteiger partial charge is 0.495 e. The fraction of sp³-hybridized carbons (Fsp3) is 0.273. The van der Waals surface area contributed by atoms with E-state index in [-0.39, 0.29) is 6.03 Å². The molecule has 0 saturated carbocycles. The number of amides is 2. The number of nitrogens with zero attached hydrogens (tertiary/aromatic N) is 2. The number of urea groups is 1. The van der Waals surface area contributed by atoms with Crippen LogP contribution in [0.5, 0.6) is 5.75 Å². The minimum atomic E-state index is -0.0176. The van der Waals surface area contributed by atoms with Crippen molar-refractivity contribution in [2.45, 2.75) is 13.3 Å². The van der Waals surface area contributed by atoms with Gasteiger partial charge >= 0.3 is 6.03 Å². The fourth-order valence-electron chi connectivity index (χ4n) is 3.56. The van der Waals surface area contributed by atoms with Gasteiger partial charge in [0, 0.05) is 48.7 Å². The standard InChI is InChI=1S/C22H24ClN5O2/c1-3-24-22(29)28-10-7-14(8-11-28)19-13-16-18(6-9-25-21(16)27-19)26-15-4-5-17(23)20(12-15)30-2/h4-7,9,12-13H,3,8,10-11H2,1-2H3,(H,24,29)(H2,25,26,27). The number of pyridine rings is 1. The zero-order valence-corrected chi connectivity index (χ0v) is 17.7. The van der Waals surface area contributed by atoms with Crippen molar-refractivity contribution in [2.24, 2.45) is 0 Å². The van der Waals surface area contributed by atoms with E-state index in [2.05, 4.69) is 32.7 Å². The quantitative estimate of drug-likeness (QED) is 0.549. The highest BCUT2D eigenvalue weighted by Crippen LogP contribution is 2.33. The Hall–Kier alpha value is -3.19. The first-order valence-electron chi connectivity index (χ1n) is 9.89. The number of aromatic nitrogens is 2. The summed E-state index contributed by atoms with van der Waals surface area (Å²) in [6.45, 7) is 3.84. The molecule has 2 aromatic heterocycles. The molecule has 7 nitrogen and oxygen atoms in total. The third-order valence-electron chi connectivity index (χ3n) is 5.13. The van der Waals surface area contributed by atoms with E-state index < -0.39 is 0 Å². The molecule has 0 aliphatic carbocycles. The number of benzene rings is 1. The van der Waals surface area contributed by atoms with Crippen molar-refractivity contribution in [3.8, 4) is 5.75 Å². The second-order valence-corrected chi connectivity index (χ2v) is 7.45. The lowest BCUT2D eigenvalue weighted by Crippen LogP contribution is -2.41. The van der Waals surface area contributed by atoms with Crippen molar-refractivity contribution >= 4 is 45.6 Å². The van der Waals surface area contributed by atoms with E-state index in [1.165, 1.54) is 5.57 Å². The van der Waals surface area contributed by atoms with Crippen LogP contribution in [0.2, 0.25) is 5.02 Å². The van der Waals surface area contributed by atoms with Crippen LogP contribution in [-0.2, 0) is 0 Å². The molecule has 1 aliphatic rings. The van der Waals surface area contributed by atoms with Crippen LogP contribution in [0.25, 0.3) is 16.6 Å². The lowest BCUT2D eigenvalue weighted by molar-refractivity contribution is 0.203. The summed E-state index contributed by atoms with van der Waals surface area (Å²) in [5, 5.41) is 7.83. The number of hydrogen-bond donors (Lipinski definition) is 3. The molecule has 3 N–H and O–H groups in total. The average molecular weight is 426 g/mol. The zero-order chi connectivity index (χ0) is 21.1. The Balaban J connectivity index is 1.58. The van der Waals surface area contributed by atoms with Gasteiger partial charge in [0.15, 0.2) is 0 Å². The van der Waals surface area contributed by atoms with Crippen LogP contribution < -0.4 is 15.4 Å². The lowest BCUT2D eigenvalue weighted by atomic mass is 10.0. The van der Waals surface area contributed by atoms with Crippen LogP contribution in [0.15, 0.2) is 42.6 Å². The Morgan fingerprint density at radius 1 is 1.33 bits per heavy atom. The van der Waals surface area contributed by atoms with Crippen molar-refractivity contribution < 1.29 is 9.53 Å². The Kier molecular flexibility index (Phi) is 5.81. The van der Waals surface area contributed by atoms with Crippen LogP contribution >= 0.6 is 11.6 Å². The van der Waals surface area contributed by atoms with Gasteiger partial charge in [0.05, 0.1) is 17.8 Å². The summed E-state index contributed by atoms with van der Waals surface area (Å²) >= 11 is 6.13. The monoisotopic (exact) mass is 425 g/mol. The van der Waals surface area contributed by atoms with Crippen LogP contribution in [-0.4, -0.2) is 47.6 Å². The molecule has 0 radical (unpaired) electrons. The predicted octanol–water partition coefficient (Wildman–Crippen LogP) is 4.79. The number of carbonyl (C=O) groups is 1. The van der Waals surface area contributed by atoms with E-state index in [1.54, 1.807) is 19.4 Å². The van der Waals surface area contributed by atoms with Gasteiger partial charge in [-0.25, -0.2) is 9.78 Å². The lowest BCUT2D eigenvalue weighted by Gasteiger charge is -2.26. The predicted molar refractivity (Wildman–Crippen MR) is 121 cm³/mol. The summed E-state index contributed by atoms with van der Waals surface area (Å²) in [6, 6.07) is 9.60. The number of hydrogen-bond acceptors (Lipinski definition) is 4. The number of rotatable bonds is 5. The highest BCUT2D eigenvalue weighted by atomic mass is 35.5. The number of carbonyl (C=O) groups excluding carboxylic acids is 1. The first-order valence-corrected chi connectivity index (χ1v) is 10.3. The minimum Gasteiger partial charge on any atom is -0.495 e. The van der Waals surface area contributed by atoms with Crippen molar-refractivity contribution in [3.63, 3.8) is 0 Å². The molecule has 30 heavy (non-hydrogen) atoms. The van der Waals surface area contributed by atoms with Crippen molar-refractivity contribution in [2.75, 3.05) is 32.1 Å². The molecule has 4 rings (SSSR count). The molecule has 3 aromatic rings. The van der Waals surface area contributed by atoms with Crippen molar-refractivity contribution in [1.29, 1.82) is 0 Å². The first kappa shape index (κ1) is 20.1. The number of ether oxygens (including phenoxy) is 1. The van der Waals surface area contributed by atoms with E-state index in [1.807, 2.05) is 30.0 Å². The van der Waals surface area contributed by atoms with Crippen LogP contribution in [0, 0.1) is 0 Å². The summed E-state index contributed by atoms with van der Waals surface area (Å²) < 4.78 is 5.30. The molecule has 3 heterocycles. The maximum atomic E-state index is 12.0. The summed E-state index contributed by atoms with van der Waals surface area (Å²) in [6.07, 6.45) is 4.66. The molecule has 1 aliphatic heterocycles. The molecule has 0 saturated heterocycles. The van der Waals surface area contributed by atoms with Gasteiger partial charge < -0.3 is 25.3 Å². The van der Waals surface area contributed by atoms with Gasteiger partial charge in [0.25, 0.3) is 0 Å². The first-order chi connectivity index (χ1) is 14.6. The number of fused-ring (bicyclic) bond motifs is 1. The van der Waals surface area contributed by atoms with Gasteiger partial charge in [0.1, 0.15) is 11.4 Å². The molecule has 1 aromatic carbocycles. The van der Waals surface area contributed by atoms with E-state index in [4.69, 9.17) is 16.3 Å². The topological polar surface area (TPSA) is 82.3 Å². The second-order valence-electron chi connectivity index (χ2n) is 7.04. The molecule has 0 unspecified atom stereocenters. The van der Waals surface area contributed by atoms with E-state index in [0.29, 0.717) is 30.4 Å². The third kappa shape index (κ3) is 4.07. The molecular formula is C22H24ClN5O2. The molecule has 156 valence electrons. The Labute approximate surface area is 180 Å². The van der Waals surface area contributed by atoms with E-state index in [0.717, 1.165) is 34.5 Å². The van der Waals surface area contributed by atoms with E-state index in [9.17, 15) is 4.79 Å². The second kappa shape index (κ2) is 8.67. The van der Waals surface area contributed by atoms with Crippen LogP contribution in [0.1, 0.15) is 19.0 Å². The Morgan fingerprint density at radius 3 is 2.93 bits per heavy atom. The van der Waals surface area contributed by atoms with Gasteiger partial charge in [-0.3, -0.25) is 0 Å². The fourth-order valence-corrected chi connectivity index (χ4v) is 3.76. The summed E-state index contributed by atoms with van der Waals surface area (Å²) in [5.41, 5.74) is 4.83. The number of aromatic amines is 1. The molecule has 0 atom stereocenters. The molecule has 0 fully saturated rings. The Morgan fingerprint density at radius 2 is 2.20 bits per heavy atom. The van der Waals surface area contributed by atoms with Gasteiger partial charge in [-0.15, -0.1) is 0 Å². The van der Waals surface area contributed by atoms with E-state index >= 15 is 0 Å². The van der Waals surface area contributed by atoms with Crippen molar-refractivity contribution in [3.05, 3.63) is 53.3 Å². The minimum absolute atomic E-state index is 0.0176. The number of H-pyrrole nitrogens is 1. The van der Waals surface area contributed by atoms with Gasteiger partial charge in [-0.1, -0.05) is 17.7 Å². The molecule has 2 amide bonds. The third-order valence-corrected chi connectivity index (χ3v) is 5.44. The highest BCUT2D eigenvalue weighted by molar-refractivity contribution is 6.32. The zero-order valence-electron chi connectivity index (χ0n) is 17.0. The van der Waals surface area contributed by atoms with Crippen LogP contribution in [0.4, 0.5) is 16.2 Å². The molecule has 8 heteroatoms. The highest BCUT2D eigenvalue weighted by Gasteiger charge is 2.19. The van der Waals surface area contributed by atoms with Gasteiger partial charge in [-0.05, 0) is 43.2 Å². The molecule has 0 spiro atoms. The maximum Gasteiger partial charge on any atom is 0.317 e. The van der Waals surface area contributed by atoms with Gasteiger partial charge in [0.2, 0.25) is 0 Å². The SMILES string of the molecule is CCNC(=O)N1CC=C(c2cc3c(Nc4ccc(Cl)c(OC)c4)ccnc3[nH]2)CC1. The normalized spacial score (nSPS) is 13.8. The summed E-state index contributed by atoms with van der Waals surface area (Å²) in [5.74, 6) is 0.616. The number of anilines is 2. The number of halogens is 1. The molecule has 0 bridgehead atoms. The molecular weight excluding hydrogens is 402 g/mol. The van der Waals surface area contributed by atoms with Gasteiger partial charge in [-0.2, -0.15) is 0 Å². The summed E-state index contributed by atoms with van der Waals surface area (Å²) in [7, 11) is 1.60. The smallest absolute Gasteiger partial charge is 0.317 e. The average Bonchev–Trinajstić information content (AvgIpc) is 3.21. The summed E-state index contributed by atoms with van der Waals surface area (Å²) in [4.78, 5) is 21.7. The van der Waals surface area contributed by atoms with Crippen LogP contribution in [0.3, 0.4) is 0 Å². The number of nitrogens with one attached hydrogen (secondary N) is 3. The maximum absolute atomic E-state index is 12.0.